The molecular weight excluding hydrogens is 278 g/mol. The minimum absolute atomic E-state index is 0.112. The van der Waals surface area contributed by atoms with E-state index in [0.717, 1.165) is 29.0 Å². The van der Waals surface area contributed by atoms with Crippen LogP contribution in [0.4, 0.5) is 0 Å². The molecule has 1 saturated heterocycles. The summed E-state index contributed by atoms with van der Waals surface area (Å²) in [6.45, 7) is 0.392. The van der Waals surface area contributed by atoms with Crippen LogP contribution in [-0.4, -0.2) is 28.6 Å². The number of hydrogen-bond acceptors (Lipinski definition) is 4. The molecule has 2 N–H and O–H groups in total. The van der Waals surface area contributed by atoms with E-state index in [9.17, 15) is 4.79 Å². The maximum Gasteiger partial charge on any atom is 0.233 e. The summed E-state index contributed by atoms with van der Waals surface area (Å²) in [5.41, 5.74) is 0.899. The molecule has 1 unspecified atom stereocenters. The molecule has 102 valence electrons. The number of thiophene rings is 1. The summed E-state index contributed by atoms with van der Waals surface area (Å²) in [5, 5.41) is 13.8. The van der Waals surface area contributed by atoms with Gasteiger partial charge in [0.2, 0.25) is 5.91 Å². The van der Waals surface area contributed by atoms with Crippen LogP contribution in [0.1, 0.15) is 29.7 Å². The minimum Gasteiger partial charge on any atom is -0.384 e. The summed E-state index contributed by atoms with van der Waals surface area (Å²) in [7, 11) is 0. The summed E-state index contributed by atoms with van der Waals surface area (Å²) in [4.78, 5) is 13.1. The SMILES string of the molecule is O=C(NCc1sccc1C#CCO)C1CCCCS1. The molecule has 2 heterocycles. The fourth-order valence-corrected chi connectivity index (χ4v) is 3.95. The second-order valence-corrected chi connectivity index (χ2v) is 6.60. The van der Waals surface area contributed by atoms with E-state index in [4.69, 9.17) is 5.11 Å². The zero-order chi connectivity index (χ0) is 13.5. The van der Waals surface area contributed by atoms with Gasteiger partial charge in [0.25, 0.3) is 0 Å². The molecule has 2 rings (SSSR count). The molecule has 0 aromatic carbocycles. The van der Waals surface area contributed by atoms with Gasteiger partial charge >= 0.3 is 0 Å². The predicted octanol–water partition coefficient (Wildman–Crippen LogP) is 1.99. The molecule has 1 atom stereocenters. The van der Waals surface area contributed by atoms with Gasteiger partial charge in [0, 0.05) is 10.4 Å². The van der Waals surface area contributed by atoms with E-state index < -0.39 is 0 Å². The summed E-state index contributed by atoms with van der Waals surface area (Å²) in [6, 6.07) is 1.92. The molecule has 1 aromatic rings. The van der Waals surface area contributed by atoms with E-state index in [2.05, 4.69) is 17.2 Å². The number of carbonyl (C=O) groups excluding carboxylic acids is 1. The smallest absolute Gasteiger partial charge is 0.233 e. The van der Waals surface area contributed by atoms with E-state index in [1.54, 1.807) is 23.1 Å². The highest BCUT2D eigenvalue weighted by Crippen LogP contribution is 2.25. The first kappa shape index (κ1) is 14.4. The van der Waals surface area contributed by atoms with Crippen LogP contribution in [0.5, 0.6) is 0 Å². The Morgan fingerprint density at radius 2 is 2.42 bits per heavy atom. The number of amides is 1. The van der Waals surface area contributed by atoms with Crippen LogP contribution in [0.25, 0.3) is 0 Å². The van der Waals surface area contributed by atoms with Crippen LogP contribution >= 0.6 is 23.1 Å². The normalized spacial score (nSPS) is 18.5. The van der Waals surface area contributed by atoms with Crippen molar-refractivity contribution >= 4 is 29.0 Å². The van der Waals surface area contributed by atoms with Gasteiger partial charge in [-0.25, -0.2) is 0 Å². The third kappa shape index (κ3) is 4.27. The Balaban J connectivity index is 1.88. The van der Waals surface area contributed by atoms with Crippen molar-refractivity contribution in [2.75, 3.05) is 12.4 Å². The Labute approximate surface area is 121 Å². The molecular formula is C14H17NO2S2. The maximum absolute atomic E-state index is 12.0. The van der Waals surface area contributed by atoms with Gasteiger partial charge in [-0.15, -0.1) is 23.1 Å². The van der Waals surface area contributed by atoms with Gasteiger partial charge in [-0.2, -0.15) is 0 Å². The lowest BCUT2D eigenvalue weighted by atomic mass is 10.2. The van der Waals surface area contributed by atoms with Crippen molar-refractivity contribution in [2.24, 2.45) is 0 Å². The number of thioether (sulfide) groups is 1. The van der Waals surface area contributed by atoms with Crippen molar-refractivity contribution in [2.45, 2.75) is 31.1 Å². The van der Waals surface area contributed by atoms with Gasteiger partial charge in [0.05, 0.1) is 11.8 Å². The predicted molar refractivity (Wildman–Crippen MR) is 80.2 cm³/mol. The fourth-order valence-electron chi connectivity index (χ4n) is 1.95. The van der Waals surface area contributed by atoms with Gasteiger partial charge in [0.1, 0.15) is 6.61 Å². The largest absolute Gasteiger partial charge is 0.384 e. The lowest BCUT2D eigenvalue weighted by Gasteiger charge is -2.20. The molecule has 0 saturated carbocycles. The van der Waals surface area contributed by atoms with E-state index in [1.807, 2.05) is 11.4 Å². The number of hydrogen-bond donors (Lipinski definition) is 2. The van der Waals surface area contributed by atoms with Crippen LogP contribution in [0.3, 0.4) is 0 Å². The van der Waals surface area contributed by atoms with Crippen molar-refractivity contribution in [3.8, 4) is 11.8 Å². The molecule has 1 aliphatic rings. The Morgan fingerprint density at radius 1 is 1.53 bits per heavy atom. The first-order chi connectivity index (χ1) is 9.31. The molecule has 0 aliphatic carbocycles. The van der Waals surface area contributed by atoms with E-state index >= 15 is 0 Å². The average Bonchev–Trinajstić information content (AvgIpc) is 2.91. The van der Waals surface area contributed by atoms with Crippen LogP contribution < -0.4 is 5.32 Å². The summed E-state index contributed by atoms with van der Waals surface area (Å²) < 4.78 is 0. The quantitative estimate of drug-likeness (QED) is 0.839. The van der Waals surface area contributed by atoms with E-state index in [0.29, 0.717) is 6.54 Å². The number of nitrogens with one attached hydrogen (secondary N) is 1. The average molecular weight is 295 g/mol. The second kappa shape index (κ2) is 7.59. The van der Waals surface area contributed by atoms with Crippen LogP contribution in [0.15, 0.2) is 11.4 Å². The lowest BCUT2D eigenvalue weighted by Crippen LogP contribution is -2.33. The molecule has 3 nitrogen and oxygen atoms in total. The lowest BCUT2D eigenvalue weighted by molar-refractivity contribution is -0.120. The molecule has 0 spiro atoms. The highest BCUT2D eigenvalue weighted by Gasteiger charge is 2.21. The molecule has 1 aliphatic heterocycles. The van der Waals surface area contributed by atoms with E-state index in [-0.39, 0.29) is 17.8 Å². The monoisotopic (exact) mass is 295 g/mol. The number of aliphatic hydroxyl groups excluding tert-OH is 1. The second-order valence-electron chi connectivity index (χ2n) is 4.29. The Kier molecular flexibility index (Phi) is 5.77. The van der Waals surface area contributed by atoms with Gasteiger partial charge < -0.3 is 10.4 Å². The van der Waals surface area contributed by atoms with Crippen LogP contribution in [-0.2, 0) is 11.3 Å². The van der Waals surface area contributed by atoms with Crippen molar-refractivity contribution in [1.82, 2.24) is 5.32 Å². The topological polar surface area (TPSA) is 49.3 Å². The van der Waals surface area contributed by atoms with Gasteiger partial charge in [-0.3, -0.25) is 4.79 Å². The van der Waals surface area contributed by atoms with E-state index in [1.165, 1.54) is 6.42 Å². The van der Waals surface area contributed by atoms with Crippen molar-refractivity contribution in [1.29, 1.82) is 0 Å². The van der Waals surface area contributed by atoms with Crippen molar-refractivity contribution < 1.29 is 9.90 Å². The number of rotatable bonds is 3. The maximum atomic E-state index is 12.0. The summed E-state index contributed by atoms with van der Waals surface area (Å²) >= 11 is 3.34. The van der Waals surface area contributed by atoms with Gasteiger partial charge in [-0.1, -0.05) is 18.3 Å². The third-order valence-electron chi connectivity index (χ3n) is 2.94. The molecule has 0 bridgehead atoms. The molecule has 1 amide bonds. The highest BCUT2D eigenvalue weighted by molar-refractivity contribution is 8.00. The molecule has 5 heteroatoms. The van der Waals surface area contributed by atoms with Gasteiger partial charge in [-0.05, 0) is 30.0 Å². The summed E-state index contributed by atoms with van der Waals surface area (Å²) in [5.74, 6) is 6.76. The highest BCUT2D eigenvalue weighted by atomic mass is 32.2. The Hall–Kier alpha value is -0.960. The van der Waals surface area contributed by atoms with Crippen molar-refractivity contribution in [3.05, 3.63) is 21.9 Å². The number of carbonyl (C=O) groups is 1. The molecule has 1 aromatic heterocycles. The van der Waals surface area contributed by atoms with Crippen molar-refractivity contribution in [3.63, 3.8) is 0 Å². The Morgan fingerprint density at radius 3 is 3.16 bits per heavy atom. The van der Waals surface area contributed by atoms with Gasteiger partial charge in [0.15, 0.2) is 0 Å². The molecule has 19 heavy (non-hydrogen) atoms. The third-order valence-corrected chi connectivity index (χ3v) is 5.24. The fraction of sp³-hybridized carbons (Fsp3) is 0.500. The first-order valence-corrected chi connectivity index (χ1v) is 8.29. The zero-order valence-electron chi connectivity index (χ0n) is 10.6. The van der Waals surface area contributed by atoms with Crippen LogP contribution in [0, 0.1) is 11.8 Å². The summed E-state index contributed by atoms with van der Waals surface area (Å²) in [6.07, 6.45) is 3.36. The molecule has 0 radical (unpaired) electrons. The standard InChI is InChI=1S/C14H17NO2S2/c16-7-3-4-11-6-9-19-13(11)10-15-14(17)12-5-1-2-8-18-12/h6,9,12,16H,1-2,5,7-8,10H2,(H,15,17). The zero-order valence-corrected chi connectivity index (χ0v) is 12.3. The Bertz CT molecular complexity index is 481. The first-order valence-electron chi connectivity index (χ1n) is 6.36. The number of aliphatic hydroxyl groups is 1. The van der Waals surface area contributed by atoms with Crippen LogP contribution in [0.2, 0.25) is 0 Å². The molecule has 1 fully saturated rings. The minimum atomic E-state index is -0.139.